The average Bonchev–Trinajstić information content (AvgIpc) is 3.36. The number of thiazole rings is 1. The van der Waals surface area contributed by atoms with Gasteiger partial charge in [0.05, 0.1) is 17.4 Å². The van der Waals surface area contributed by atoms with Crippen LogP contribution in [0.4, 0.5) is 0 Å². The van der Waals surface area contributed by atoms with E-state index in [2.05, 4.69) is 70.5 Å². The molecule has 36 heavy (non-hydrogen) atoms. The molecule has 2 aromatic heterocycles. The molecule has 5 aromatic rings. The molecule has 3 heterocycles. The zero-order valence-corrected chi connectivity index (χ0v) is 20.8. The van der Waals surface area contributed by atoms with Crippen molar-refractivity contribution in [1.29, 1.82) is 0 Å². The summed E-state index contributed by atoms with van der Waals surface area (Å²) in [5, 5.41) is 2.02. The van der Waals surface area contributed by atoms with Crippen LogP contribution in [0.15, 0.2) is 107 Å². The van der Waals surface area contributed by atoms with Crippen LogP contribution in [0.2, 0.25) is 0 Å². The molecule has 0 bridgehead atoms. The molecule has 1 aliphatic heterocycles. The largest absolute Gasteiger partial charge is 0.295 e. The summed E-state index contributed by atoms with van der Waals surface area (Å²) in [6.45, 7) is 4.51. The minimum atomic E-state index is -0.0121. The van der Waals surface area contributed by atoms with E-state index in [4.69, 9.17) is 4.98 Å². The first kappa shape index (κ1) is 22.9. The molecule has 1 fully saturated rings. The van der Waals surface area contributed by atoms with Gasteiger partial charge in [-0.2, -0.15) is 0 Å². The third kappa shape index (κ3) is 4.63. The summed E-state index contributed by atoms with van der Waals surface area (Å²) in [5.41, 5.74) is 5.41. The second-order valence-corrected chi connectivity index (χ2v) is 10.1. The Morgan fingerprint density at radius 1 is 0.778 bits per heavy atom. The Balaban J connectivity index is 1.18. The van der Waals surface area contributed by atoms with Gasteiger partial charge >= 0.3 is 0 Å². The van der Waals surface area contributed by atoms with Gasteiger partial charge in [0.25, 0.3) is 5.56 Å². The van der Waals surface area contributed by atoms with Crippen LogP contribution in [0.25, 0.3) is 16.2 Å². The Hall–Kier alpha value is -3.58. The van der Waals surface area contributed by atoms with Gasteiger partial charge in [0, 0.05) is 44.2 Å². The normalized spacial score (nSPS) is 15.0. The molecule has 1 saturated heterocycles. The van der Waals surface area contributed by atoms with Crippen molar-refractivity contribution in [2.75, 3.05) is 26.2 Å². The lowest BCUT2D eigenvalue weighted by molar-refractivity contribution is 0.104. The molecule has 0 aliphatic carbocycles. The van der Waals surface area contributed by atoms with E-state index in [9.17, 15) is 4.79 Å². The molecule has 5 nitrogen and oxygen atoms in total. The SMILES string of the molecule is O=c1cc(CN2CCN(C(c3ccccc3)c3ccccc3)CC2)nc2scc(-c3ccccc3)n12. The molecule has 180 valence electrons. The number of nitrogens with zero attached hydrogens (tertiary/aromatic N) is 4. The number of benzene rings is 3. The lowest BCUT2D eigenvalue weighted by Crippen LogP contribution is -2.47. The quantitative estimate of drug-likeness (QED) is 0.321. The van der Waals surface area contributed by atoms with Crippen molar-refractivity contribution >= 4 is 16.3 Å². The van der Waals surface area contributed by atoms with Crippen molar-refractivity contribution in [2.45, 2.75) is 12.6 Å². The predicted octanol–water partition coefficient (Wildman–Crippen LogP) is 5.33. The summed E-state index contributed by atoms with van der Waals surface area (Å²) >= 11 is 1.52. The zero-order chi connectivity index (χ0) is 24.3. The smallest absolute Gasteiger partial charge is 0.259 e. The van der Waals surface area contributed by atoms with Crippen LogP contribution in [0, 0.1) is 0 Å². The van der Waals surface area contributed by atoms with Crippen LogP contribution in [-0.2, 0) is 6.54 Å². The molecule has 3 aromatic carbocycles. The van der Waals surface area contributed by atoms with E-state index in [1.165, 1.54) is 22.5 Å². The van der Waals surface area contributed by atoms with Crippen LogP contribution >= 0.6 is 11.3 Å². The summed E-state index contributed by atoms with van der Waals surface area (Å²) < 4.78 is 1.73. The van der Waals surface area contributed by atoms with Crippen LogP contribution in [-0.4, -0.2) is 45.4 Å². The third-order valence-electron chi connectivity index (χ3n) is 6.92. The van der Waals surface area contributed by atoms with E-state index in [1.807, 2.05) is 35.7 Å². The molecule has 1 aliphatic rings. The standard InChI is InChI=1S/C30H28N4OS/c35-28-20-26(31-30-34(28)27(22-36-30)23-10-4-1-5-11-23)21-32-16-18-33(19-17-32)29(24-12-6-2-7-13-24)25-14-8-3-9-15-25/h1-15,20,22,29H,16-19,21H2. The number of piperazine rings is 1. The first-order valence-corrected chi connectivity index (χ1v) is 13.3. The van der Waals surface area contributed by atoms with Crippen molar-refractivity contribution in [2.24, 2.45) is 0 Å². The Labute approximate surface area is 214 Å². The monoisotopic (exact) mass is 492 g/mol. The Morgan fingerprint density at radius 3 is 1.97 bits per heavy atom. The highest BCUT2D eigenvalue weighted by molar-refractivity contribution is 7.15. The molecule has 0 saturated carbocycles. The van der Waals surface area contributed by atoms with Gasteiger partial charge in [-0.25, -0.2) is 4.98 Å². The van der Waals surface area contributed by atoms with Gasteiger partial charge in [0.1, 0.15) is 0 Å². The first-order valence-electron chi connectivity index (χ1n) is 12.4. The van der Waals surface area contributed by atoms with E-state index >= 15 is 0 Å². The van der Waals surface area contributed by atoms with E-state index < -0.39 is 0 Å². The Morgan fingerprint density at radius 2 is 1.36 bits per heavy atom. The van der Waals surface area contributed by atoms with Crippen molar-refractivity contribution in [3.8, 4) is 11.3 Å². The number of hydrogen-bond acceptors (Lipinski definition) is 5. The summed E-state index contributed by atoms with van der Waals surface area (Å²) in [4.78, 5) is 23.6. The summed E-state index contributed by atoms with van der Waals surface area (Å²) in [5.74, 6) is 0. The molecule has 0 amide bonds. The minimum Gasteiger partial charge on any atom is -0.295 e. The zero-order valence-electron chi connectivity index (χ0n) is 20.0. The van der Waals surface area contributed by atoms with E-state index in [1.54, 1.807) is 10.5 Å². The van der Waals surface area contributed by atoms with Crippen molar-refractivity contribution in [3.05, 3.63) is 130 Å². The predicted molar refractivity (Wildman–Crippen MR) is 146 cm³/mol. The van der Waals surface area contributed by atoms with Gasteiger partial charge in [-0.15, -0.1) is 11.3 Å². The highest BCUT2D eigenvalue weighted by atomic mass is 32.1. The third-order valence-corrected chi connectivity index (χ3v) is 7.74. The molecular formula is C30H28N4OS. The Kier molecular flexibility index (Phi) is 6.47. The number of rotatable bonds is 6. The van der Waals surface area contributed by atoms with Crippen LogP contribution in [0.5, 0.6) is 0 Å². The second kappa shape index (κ2) is 10.2. The highest BCUT2D eigenvalue weighted by Crippen LogP contribution is 2.30. The fourth-order valence-corrected chi connectivity index (χ4v) is 6.07. The fourth-order valence-electron chi connectivity index (χ4n) is 5.15. The van der Waals surface area contributed by atoms with Gasteiger partial charge in [0.15, 0.2) is 4.96 Å². The topological polar surface area (TPSA) is 40.9 Å². The number of fused-ring (bicyclic) bond motifs is 1. The molecule has 6 heteroatoms. The second-order valence-electron chi connectivity index (χ2n) is 9.23. The molecule has 0 N–H and O–H groups in total. The maximum absolute atomic E-state index is 13.1. The molecule has 6 rings (SSSR count). The van der Waals surface area contributed by atoms with Crippen LogP contribution in [0.3, 0.4) is 0 Å². The maximum atomic E-state index is 13.1. The molecule has 0 atom stereocenters. The van der Waals surface area contributed by atoms with Gasteiger partial charge in [-0.3, -0.25) is 19.0 Å². The fraction of sp³-hybridized carbons (Fsp3) is 0.200. The lowest BCUT2D eigenvalue weighted by Gasteiger charge is -2.39. The maximum Gasteiger partial charge on any atom is 0.259 e. The van der Waals surface area contributed by atoms with E-state index in [0.717, 1.165) is 48.1 Å². The highest BCUT2D eigenvalue weighted by Gasteiger charge is 2.26. The molecule has 0 spiro atoms. The van der Waals surface area contributed by atoms with Crippen molar-refractivity contribution < 1.29 is 0 Å². The first-order chi connectivity index (χ1) is 17.8. The summed E-state index contributed by atoms with van der Waals surface area (Å²) in [6.07, 6.45) is 0. The average molecular weight is 493 g/mol. The number of aromatic nitrogens is 2. The van der Waals surface area contributed by atoms with Gasteiger partial charge < -0.3 is 0 Å². The van der Waals surface area contributed by atoms with Crippen molar-refractivity contribution in [3.63, 3.8) is 0 Å². The Bertz CT molecular complexity index is 1450. The van der Waals surface area contributed by atoms with Crippen LogP contribution in [0.1, 0.15) is 22.9 Å². The number of hydrogen-bond donors (Lipinski definition) is 0. The van der Waals surface area contributed by atoms with Crippen LogP contribution < -0.4 is 5.56 Å². The summed E-state index contributed by atoms with van der Waals surface area (Å²) in [7, 11) is 0. The lowest BCUT2D eigenvalue weighted by atomic mass is 9.96. The van der Waals surface area contributed by atoms with Crippen molar-refractivity contribution in [1.82, 2.24) is 19.2 Å². The van der Waals surface area contributed by atoms with E-state index in [0.29, 0.717) is 6.54 Å². The van der Waals surface area contributed by atoms with Gasteiger partial charge in [-0.05, 0) is 16.7 Å². The van der Waals surface area contributed by atoms with Gasteiger partial charge in [0.2, 0.25) is 0 Å². The molecule has 0 radical (unpaired) electrons. The minimum absolute atomic E-state index is 0.0121. The molecular weight excluding hydrogens is 464 g/mol. The molecule has 0 unspecified atom stereocenters. The van der Waals surface area contributed by atoms with Gasteiger partial charge in [-0.1, -0.05) is 91.0 Å². The van der Waals surface area contributed by atoms with E-state index in [-0.39, 0.29) is 11.6 Å². The summed E-state index contributed by atoms with van der Waals surface area (Å²) in [6, 6.07) is 33.5.